The Labute approximate surface area is 146 Å². The number of carbonyl (C=O) groups excluding carboxylic acids is 2. The molecule has 1 heterocycles. The van der Waals surface area contributed by atoms with Gasteiger partial charge in [0.05, 0.1) is 12.6 Å². The van der Waals surface area contributed by atoms with Gasteiger partial charge in [-0.1, -0.05) is 54.6 Å². The summed E-state index contributed by atoms with van der Waals surface area (Å²) in [5.74, 6) is -0.0113. The molecule has 0 radical (unpaired) electrons. The zero-order chi connectivity index (χ0) is 17.5. The van der Waals surface area contributed by atoms with Gasteiger partial charge < -0.3 is 15.4 Å². The highest BCUT2D eigenvalue weighted by Crippen LogP contribution is 2.52. The van der Waals surface area contributed by atoms with Gasteiger partial charge in [-0.05, 0) is 29.5 Å². The summed E-state index contributed by atoms with van der Waals surface area (Å²) >= 11 is 0. The minimum absolute atomic E-state index is 0.0113. The van der Waals surface area contributed by atoms with Crippen LogP contribution >= 0.6 is 0 Å². The van der Waals surface area contributed by atoms with E-state index in [9.17, 15) is 9.59 Å². The summed E-state index contributed by atoms with van der Waals surface area (Å²) in [5.41, 5.74) is 1.67. The van der Waals surface area contributed by atoms with Crippen LogP contribution in [0.4, 0.5) is 4.79 Å². The molecule has 1 fully saturated rings. The lowest BCUT2D eigenvalue weighted by atomic mass is 9.67. The standard InChI is InChI=1S/C20H20N2O3/c1-25-18(24)22-19-12-11-17(23)21-20(19,15-8-3-2-4-9-15)16-10-6-5-7-14(16)13-19/h2-10H,11-13H2,1H3,(H,21,23)(H,22,24)/t19-,20-/m1/s1. The zero-order valence-electron chi connectivity index (χ0n) is 14.0. The second kappa shape index (κ2) is 5.62. The first-order valence-corrected chi connectivity index (χ1v) is 8.42. The average molecular weight is 336 g/mol. The summed E-state index contributed by atoms with van der Waals surface area (Å²) in [4.78, 5) is 24.6. The maximum Gasteiger partial charge on any atom is 0.407 e. The summed E-state index contributed by atoms with van der Waals surface area (Å²) in [5, 5.41) is 6.30. The molecule has 0 bridgehead atoms. The number of piperidine rings is 1. The van der Waals surface area contributed by atoms with Crippen LogP contribution in [0, 0.1) is 0 Å². The lowest BCUT2D eigenvalue weighted by Gasteiger charge is -2.50. The number of hydrogen-bond acceptors (Lipinski definition) is 3. The van der Waals surface area contributed by atoms with Gasteiger partial charge in [-0.2, -0.15) is 0 Å². The van der Waals surface area contributed by atoms with Gasteiger partial charge in [-0.25, -0.2) is 4.79 Å². The van der Waals surface area contributed by atoms with Crippen molar-refractivity contribution >= 4 is 12.0 Å². The van der Waals surface area contributed by atoms with Crippen LogP contribution < -0.4 is 10.6 Å². The highest BCUT2D eigenvalue weighted by molar-refractivity contribution is 5.82. The summed E-state index contributed by atoms with van der Waals surface area (Å²) in [6.07, 6.45) is 1.08. The Morgan fingerprint density at radius 1 is 1.12 bits per heavy atom. The lowest BCUT2D eigenvalue weighted by molar-refractivity contribution is -0.127. The second-order valence-corrected chi connectivity index (χ2v) is 6.70. The van der Waals surface area contributed by atoms with E-state index in [1.165, 1.54) is 7.11 Å². The fourth-order valence-corrected chi connectivity index (χ4v) is 4.46. The summed E-state index contributed by atoms with van der Waals surface area (Å²) in [6.45, 7) is 0. The Kier molecular flexibility index (Phi) is 3.53. The molecule has 0 aromatic heterocycles. The smallest absolute Gasteiger partial charge is 0.407 e. The minimum atomic E-state index is -0.797. The Morgan fingerprint density at radius 2 is 1.84 bits per heavy atom. The molecule has 5 nitrogen and oxygen atoms in total. The molecule has 5 heteroatoms. The number of methoxy groups -OCH3 is 1. The van der Waals surface area contributed by atoms with Crippen molar-refractivity contribution in [1.82, 2.24) is 10.6 Å². The van der Waals surface area contributed by atoms with Gasteiger partial charge in [0.15, 0.2) is 0 Å². The van der Waals surface area contributed by atoms with Crippen molar-refractivity contribution < 1.29 is 14.3 Å². The third kappa shape index (κ3) is 2.15. The van der Waals surface area contributed by atoms with E-state index in [0.29, 0.717) is 19.3 Å². The molecular weight excluding hydrogens is 316 g/mol. The van der Waals surface area contributed by atoms with Crippen molar-refractivity contribution in [3.05, 3.63) is 71.3 Å². The Hall–Kier alpha value is -2.82. The number of nitrogens with one attached hydrogen (secondary N) is 2. The predicted octanol–water partition coefficient (Wildman–Crippen LogP) is 2.49. The van der Waals surface area contributed by atoms with Crippen molar-refractivity contribution in [2.45, 2.75) is 30.3 Å². The van der Waals surface area contributed by atoms with Gasteiger partial charge >= 0.3 is 6.09 Å². The molecule has 128 valence electrons. The minimum Gasteiger partial charge on any atom is -0.453 e. The second-order valence-electron chi connectivity index (χ2n) is 6.70. The van der Waals surface area contributed by atoms with E-state index in [2.05, 4.69) is 16.7 Å². The van der Waals surface area contributed by atoms with E-state index in [0.717, 1.165) is 16.7 Å². The van der Waals surface area contributed by atoms with Gasteiger partial charge in [0, 0.05) is 6.42 Å². The van der Waals surface area contributed by atoms with Gasteiger partial charge in [0.1, 0.15) is 5.54 Å². The molecule has 1 saturated heterocycles. The molecule has 0 unspecified atom stereocenters. The van der Waals surface area contributed by atoms with Gasteiger partial charge in [-0.15, -0.1) is 0 Å². The van der Waals surface area contributed by atoms with Crippen LogP contribution in [0.25, 0.3) is 0 Å². The maximum atomic E-state index is 12.4. The van der Waals surface area contributed by atoms with Crippen LogP contribution in [0.15, 0.2) is 54.6 Å². The molecule has 2 aromatic carbocycles. The monoisotopic (exact) mass is 336 g/mol. The number of alkyl carbamates (subject to hydrolysis) is 1. The molecule has 25 heavy (non-hydrogen) atoms. The van der Waals surface area contributed by atoms with Crippen LogP contribution in [-0.2, 0) is 21.5 Å². The van der Waals surface area contributed by atoms with Gasteiger partial charge in [0.25, 0.3) is 0 Å². The van der Waals surface area contributed by atoms with Crippen LogP contribution in [0.2, 0.25) is 0 Å². The normalized spacial score (nSPS) is 27.0. The fraction of sp³-hybridized carbons (Fsp3) is 0.300. The van der Waals surface area contributed by atoms with Crippen molar-refractivity contribution in [2.75, 3.05) is 7.11 Å². The molecule has 2 aliphatic rings. The molecule has 1 aliphatic heterocycles. The van der Waals surface area contributed by atoms with E-state index in [1.807, 2.05) is 48.5 Å². The number of hydrogen-bond donors (Lipinski definition) is 2. The fourth-order valence-electron chi connectivity index (χ4n) is 4.46. The number of fused-ring (bicyclic) bond motifs is 3. The first-order valence-electron chi connectivity index (χ1n) is 8.42. The third-order valence-corrected chi connectivity index (χ3v) is 5.47. The lowest BCUT2D eigenvalue weighted by Crippen LogP contribution is -2.70. The van der Waals surface area contributed by atoms with E-state index in [4.69, 9.17) is 4.74 Å². The Balaban J connectivity index is 1.99. The van der Waals surface area contributed by atoms with Crippen molar-refractivity contribution in [3.8, 4) is 0 Å². The third-order valence-electron chi connectivity index (χ3n) is 5.47. The Morgan fingerprint density at radius 3 is 2.60 bits per heavy atom. The van der Waals surface area contributed by atoms with Crippen LogP contribution in [0.3, 0.4) is 0 Å². The number of rotatable bonds is 2. The number of amides is 2. The summed E-state index contributed by atoms with van der Waals surface area (Å²) < 4.78 is 4.90. The van der Waals surface area contributed by atoms with Crippen molar-refractivity contribution in [1.29, 1.82) is 0 Å². The van der Waals surface area contributed by atoms with Crippen LogP contribution in [0.5, 0.6) is 0 Å². The molecule has 2 atom stereocenters. The highest BCUT2D eigenvalue weighted by Gasteiger charge is 2.62. The van der Waals surface area contributed by atoms with E-state index < -0.39 is 17.2 Å². The van der Waals surface area contributed by atoms with E-state index >= 15 is 0 Å². The molecule has 0 spiro atoms. The molecule has 2 aromatic rings. The van der Waals surface area contributed by atoms with E-state index in [-0.39, 0.29) is 5.91 Å². The van der Waals surface area contributed by atoms with Gasteiger partial charge in [0.2, 0.25) is 5.91 Å². The zero-order valence-corrected chi connectivity index (χ0v) is 14.0. The quantitative estimate of drug-likeness (QED) is 0.885. The molecule has 0 saturated carbocycles. The first kappa shape index (κ1) is 15.7. The molecule has 1 aliphatic carbocycles. The molecule has 2 N–H and O–H groups in total. The predicted molar refractivity (Wildman–Crippen MR) is 93.0 cm³/mol. The average Bonchev–Trinajstić information content (AvgIpc) is 2.93. The molecule has 2 amide bonds. The molecular formula is C20H20N2O3. The SMILES string of the molecule is COC(=O)N[C@@]12CCC(=O)N[C@]1(c1ccccc1)c1ccccc1C2. The van der Waals surface area contributed by atoms with Crippen molar-refractivity contribution in [2.24, 2.45) is 0 Å². The molecule has 4 rings (SSSR count). The van der Waals surface area contributed by atoms with Crippen LogP contribution in [-0.4, -0.2) is 24.6 Å². The first-order chi connectivity index (χ1) is 12.1. The topological polar surface area (TPSA) is 67.4 Å². The summed E-state index contributed by atoms with van der Waals surface area (Å²) in [6, 6.07) is 17.9. The largest absolute Gasteiger partial charge is 0.453 e. The number of benzene rings is 2. The van der Waals surface area contributed by atoms with E-state index in [1.54, 1.807) is 0 Å². The number of ether oxygens (including phenoxy) is 1. The summed E-state index contributed by atoms with van der Waals surface area (Å²) in [7, 11) is 1.36. The maximum absolute atomic E-state index is 12.4. The Bertz CT molecular complexity index is 836. The van der Waals surface area contributed by atoms with Crippen molar-refractivity contribution in [3.63, 3.8) is 0 Å². The van der Waals surface area contributed by atoms with Gasteiger partial charge in [-0.3, -0.25) is 4.79 Å². The van der Waals surface area contributed by atoms with Crippen LogP contribution in [0.1, 0.15) is 29.5 Å². The highest BCUT2D eigenvalue weighted by atomic mass is 16.5. The number of carbonyl (C=O) groups is 2.